The number of ether oxygens (including phenoxy) is 1. The van der Waals surface area contributed by atoms with Gasteiger partial charge in [-0.3, -0.25) is 9.69 Å². The first kappa shape index (κ1) is 21.1. The van der Waals surface area contributed by atoms with Crippen molar-refractivity contribution >= 4 is 5.78 Å². The van der Waals surface area contributed by atoms with Crippen molar-refractivity contribution in [2.24, 2.45) is 0 Å². The first-order chi connectivity index (χ1) is 14.4. The van der Waals surface area contributed by atoms with Crippen molar-refractivity contribution in [1.82, 2.24) is 19.4 Å². The molecule has 0 N–H and O–H groups in total. The van der Waals surface area contributed by atoms with Gasteiger partial charge in [0, 0.05) is 50.3 Å². The average Bonchev–Trinajstić information content (AvgIpc) is 3.03. The van der Waals surface area contributed by atoms with Crippen LogP contribution in [0.4, 0.5) is 8.78 Å². The minimum Gasteiger partial charge on any atom is -0.375 e. The number of carbonyl (C=O) groups excluding carboxylic acids is 1. The van der Waals surface area contributed by atoms with Crippen LogP contribution < -0.4 is 0 Å². The summed E-state index contributed by atoms with van der Waals surface area (Å²) in [5.74, 6) is -0.994. The molecule has 3 heterocycles. The van der Waals surface area contributed by atoms with E-state index in [9.17, 15) is 4.79 Å². The van der Waals surface area contributed by atoms with Gasteiger partial charge in [0.15, 0.2) is 5.78 Å². The smallest absolute Gasteiger partial charge is 0.162 e. The molecule has 2 aliphatic heterocycles. The maximum absolute atomic E-state index is 15.1. The van der Waals surface area contributed by atoms with Gasteiger partial charge in [-0.25, -0.2) is 13.8 Å². The van der Waals surface area contributed by atoms with Gasteiger partial charge in [-0.1, -0.05) is 6.92 Å². The third-order valence-corrected chi connectivity index (χ3v) is 5.95. The fourth-order valence-corrected chi connectivity index (χ4v) is 4.29. The van der Waals surface area contributed by atoms with Gasteiger partial charge in [-0.15, -0.1) is 0 Å². The lowest BCUT2D eigenvalue weighted by atomic mass is 10.0. The summed E-state index contributed by atoms with van der Waals surface area (Å²) in [5.41, 5.74) is 1.01. The van der Waals surface area contributed by atoms with Gasteiger partial charge >= 0.3 is 0 Å². The molecule has 1 saturated heterocycles. The molecular formula is C22H28F2N4O2. The summed E-state index contributed by atoms with van der Waals surface area (Å²) in [5, 5.41) is 0. The van der Waals surface area contributed by atoms with Gasteiger partial charge in [-0.05, 0) is 26.2 Å². The summed E-state index contributed by atoms with van der Waals surface area (Å²) in [7, 11) is 4.04. The fourth-order valence-electron chi connectivity index (χ4n) is 4.29. The predicted molar refractivity (Wildman–Crippen MR) is 109 cm³/mol. The SMILES string of the molecule is CCC(=O)c1cc(F)c(-c2nc3n(c2CC2CN(C)CCO2)CCN(C)C3)c(F)c1. The summed E-state index contributed by atoms with van der Waals surface area (Å²) in [4.78, 5) is 20.9. The number of morpholine rings is 1. The van der Waals surface area contributed by atoms with Gasteiger partial charge in [0.05, 0.1) is 30.5 Å². The number of likely N-dealkylation sites (N-methyl/N-ethyl adjacent to an activating group) is 2. The van der Waals surface area contributed by atoms with E-state index in [1.807, 2.05) is 14.1 Å². The first-order valence-corrected chi connectivity index (χ1v) is 10.5. The van der Waals surface area contributed by atoms with Crippen molar-refractivity contribution in [2.45, 2.75) is 39.0 Å². The normalized spacial score (nSPS) is 20.4. The lowest BCUT2D eigenvalue weighted by Crippen LogP contribution is -2.41. The van der Waals surface area contributed by atoms with Crippen LogP contribution in [0, 0.1) is 11.6 Å². The van der Waals surface area contributed by atoms with E-state index in [-0.39, 0.29) is 29.4 Å². The van der Waals surface area contributed by atoms with E-state index in [2.05, 4.69) is 19.4 Å². The number of benzene rings is 1. The molecule has 8 heteroatoms. The van der Waals surface area contributed by atoms with E-state index >= 15 is 8.78 Å². The Labute approximate surface area is 175 Å². The Balaban J connectivity index is 1.78. The Morgan fingerprint density at radius 2 is 1.90 bits per heavy atom. The molecule has 4 rings (SSSR count). The highest BCUT2D eigenvalue weighted by Gasteiger charge is 2.29. The standard InChI is InChI=1S/C22H28F2N4O2/c1-4-19(29)14-9-16(23)21(17(24)10-14)22-18(11-15-12-27(3)7-8-30-15)28-6-5-26(2)13-20(28)25-22/h9-10,15H,4-8,11-13H2,1-3H3. The second-order valence-electron chi connectivity index (χ2n) is 8.26. The number of imidazole rings is 1. The van der Waals surface area contributed by atoms with E-state index < -0.39 is 11.6 Å². The van der Waals surface area contributed by atoms with Gasteiger partial charge in [-0.2, -0.15) is 0 Å². The van der Waals surface area contributed by atoms with E-state index in [1.54, 1.807) is 6.92 Å². The highest BCUT2D eigenvalue weighted by Crippen LogP contribution is 2.33. The van der Waals surface area contributed by atoms with Gasteiger partial charge in [0.2, 0.25) is 0 Å². The van der Waals surface area contributed by atoms with E-state index in [4.69, 9.17) is 4.74 Å². The molecule has 1 unspecified atom stereocenters. The highest BCUT2D eigenvalue weighted by molar-refractivity contribution is 5.96. The Kier molecular flexibility index (Phi) is 5.99. The summed E-state index contributed by atoms with van der Waals surface area (Å²) < 4.78 is 38.1. The van der Waals surface area contributed by atoms with Gasteiger partial charge in [0.25, 0.3) is 0 Å². The first-order valence-electron chi connectivity index (χ1n) is 10.5. The summed E-state index contributed by atoms with van der Waals surface area (Å²) >= 11 is 0. The molecule has 2 aromatic rings. The van der Waals surface area contributed by atoms with Gasteiger partial charge in [0.1, 0.15) is 17.5 Å². The summed E-state index contributed by atoms with van der Waals surface area (Å²) in [6, 6.07) is 2.26. The number of nitrogens with zero attached hydrogens (tertiary/aromatic N) is 4. The van der Waals surface area contributed by atoms with Crippen molar-refractivity contribution in [1.29, 1.82) is 0 Å². The van der Waals surface area contributed by atoms with Crippen molar-refractivity contribution in [2.75, 3.05) is 40.3 Å². The molecule has 162 valence electrons. The van der Waals surface area contributed by atoms with Crippen molar-refractivity contribution in [3.63, 3.8) is 0 Å². The van der Waals surface area contributed by atoms with Crippen LogP contribution in [-0.4, -0.2) is 71.6 Å². The third kappa shape index (κ3) is 4.04. The number of aromatic nitrogens is 2. The predicted octanol–water partition coefficient (Wildman–Crippen LogP) is 2.74. The van der Waals surface area contributed by atoms with Crippen molar-refractivity contribution in [3.8, 4) is 11.3 Å². The largest absolute Gasteiger partial charge is 0.375 e. The monoisotopic (exact) mass is 418 g/mol. The molecule has 0 saturated carbocycles. The maximum Gasteiger partial charge on any atom is 0.162 e. The highest BCUT2D eigenvalue weighted by atomic mass is 19.1. The summed E-state index contributed by atoms with van der Waals surface area (Å²) in [6.07, 6.45) is 0.668. The number of hydrogen-bond acceptors (Lipinski definition) is 5. The fraction of sp³-hybridized carbons (Fsp3) is 0.545. The number of halogens is 2. The number of hydrogen-bond donors (Lipinski definition) is 0. The van der Waals surface area contributed by atoms with Crippen LogP contribution in [0.5, 0.6) is 0 Å². The quantitative estimate of drug-likeness (QED) is 0.699. The lowest BCUT2D eigenvalue weighted by Gasteiger charge is -2.31. The Hall–Kier alpha value is -2.16. The zero-order valence-corrected chi connectivity index (χ0v) is 17.8. The van der Waals surface area contributed by atoms with Crippen LogP contribution in [0.15, 0.2) is 12.1 Å². The number of carbonyl (C=O) groups is 1. The zero-order chi connectivity index (χ0) is 21.4. The lowest BCUT2D eigenvalue weighted by molar-refractivity contribution is -0.0194. The second kappa shape index (κ2) is 8.53. The van der Waals surface area contributed by atoms with Crippen LogP contribution in [0.1, 0.15) is 35.2 Å². The van der Waals surface area contributed by atoms with Crippen LogP contribution in [0.3, 0.4) is 0 Å². The number of ketones is 1. The second-order valence-corrected chi connectivity index (χ2v) is 8.26. The molecule has 0 amide bonds. The topological polar surface area (TPSA) is 50.6 Å². The number of Topliss-reactive ketones (excluding diaryl/α,β-unsaturated/α-hetero) is 1. The number of fused-ring (bicyclic) bond motifs is 1. The Morgan fingerprint density at radius 3 is 2.57 bits per heavy atom. The van der Waals surface area contributed by atoms with Crippen molar-refractivity contribution < 1.29 is 18.3 Å². The molecule has 1 atom stereocenters. The molecule has 0 bridgehead atoms. The molecule has 30 heavy (non-hydrogen) atoms. The number of rotatable bonds is 5. The summed E-state index contributed by atoms with van der Waals surface area (Å²) in [6.45, 7) is 6.11. The van der Waals surface area contributed by atoms with Crippen molar-refractivity contribution in [3.05, 3.63) is 40.8 Å². The van der Waals surface area contributed by atoms with E-state index in [1.165, 1.54) is 0 Å². The molecule has 1 aromatic carbocycles. The van der Waals surface area contributed by atoms with Crippen LogP contribution >= 0.6 is 0 Å². The van der Waals surface area contributed by atoms with E-state index in [0.29, 0.717) is 31.8 Å². The minimum absolute atomic E-state index is 0.0544. The zero-order valence-electron chi connectivity index (χ0n) is 17.8. The molecule has 0 radical (unpaired) electrons. The molecule has 1 fully saturated rings. The molecule has 6 nitrogen and oxygen atoms in total. The van der Waals surface area contributed by atoms with Crippen LogP contribution in [-0.2, 0) is 24.2 Å². The Morgan fingerprint density at radius 1 is 1.17 bits per heavy atom. The average molecular weight is 418 g/mol. The molecule has 1 aromatic heterocycles. The third-order valence-electron chi connectivity index (χ3n) is 5.95. The molecule has 2 aliphatic rings. The molecule has 0 spiro atoms. The minimum atomic E-state index is -0.751. The van der Waals surface area contributed by atoms with Crippen LogP contribution in [0.2, 0.25) is 0 Å². The van der Waals surface area contributed by atoms with E-state index in [0.717, 1.165) is 43.3 Å². The Bertz CT molecular complexity index is 936. The molecule has 0 aliphatic carbocycles. The van der Waals surface area contributed by atoms with Crippen LogP contribution in [0.25, 0.3) is 11.3 Å². The molecular weight excluding hydrogens is 390 g/mol. The maximum atomic E-state index is 15.1. The van der Waals surface area contributed by atoms with Gasteiger partial charge < -0.3 is 14.2 Å².